The molecule has 0 aliphatic carbocycles. The SMILES string of the molecule is CCC(CC)C(CNC(=NC)NCC(C)CN1CCOCC1)N1CCOCC1. The minimum absolute atomic E-state index is 0.531. The Hall–Kier alpha value is -0.890. The van der Waals surface area contributed by atoms with E-state index in [0.29, 0.717) is 17.9 Å². The van der Waals surface area contributed by atoms with Crippen LogP contribution >= 0.6 is 0 Å². The lowest BCUT2D eigenvalue weighted by atomic mass is 9.92. The van der Waals surface area contributed by atoms with Crippen molar-refractivity contribution in [1.82, 2.24) is 20.4 Å². The standard InChI is InChI=1S/C21H43N5O2/c1-5-19(6-2)20(26-9-13-28-14-10-26)16-24-21(22-4)23-15-18(3)17-25-7-11-27-12-8-25/h18-20H,5-17H2,1-4H3,(H2,22,23,24). The van der Waals surface area contributed by atoms with Crippen LogP contribution in [-0.4, -0.2) is 101 Å². The van der Waals surface area contributed by atoms with E-state index in [0.717, 1.165) is 78.2 Å². The first-order valence-electron chi connectivity index (χ1n) is 11.2. The molecule has 2 heterocycles. The first kappa shape index (κ1) is 23.4. The van der Waals surface area contributed by atoms with Crippen molar-refractivity contribution in [3.05, 3.63) is 0 Å². The highest BCUT2D eigenvalue weighted by Gasteiger charge is 2.27. The molecule has 7 nitrogen and oxygen atoms in total. The third-order valence-corrected chi connectivity index (χ3v) is 6.10. The predicted molar refractivity (Wildman–Crippen MR) is 116 cm³/mol. The van der Waals surface area contributed by atoms with Gasteiger partial charge in [0.25, 0.3) is 0 Å². The summed E-state index contributed by atoms with van der Waals surface area (Å²) in [7, 11) is 1.86. The Labute approximate surface area is 172 Å². The van der Waals surface area contributed by atoms with E-state index in [1.165, 1.54) is 12.8 Å². The van der Waals surface area contributed by atoms with Gasteiger partial charge in [0, 0.05) is 58.9 Å². The van der Waals surface area contributed by atoms with Crippen molar-refractivity contribution in [2.24, 2.45) is 16.8 Å². The van der Waals surface area contributed by atoms with Crippen LogP contribution in [0.2, 0.25) is 0 Å². The lowest BCUT2D eigenvalue weighted by molar-refractivity contribution is 0.00271. The minimum atomic E-state index is 0.531. The van der Waals surface area contributed by atoms with E-state index in [9.17, 15) is 0 Å². The first-order valence-corrected chi connectivity index (χ1v) is 11.2. The summed E-state index contributed by atoms with van der Waals surface area (Å²) in [6.07, 6.45) is 2.42. The lowest BCUT2D eigenvalue weighted by Gasteiger charge is -2.39. The maximum absolute atomic E-state index is 5.56. The Morgan fingerprint density at radius 3 is 2.07 bits per heavy atom. The largest absolute Gasteiger partial charge is 0.379 e. The van der Waals surface area contributed by atoms with E-state index in [1.807, 2.05) is 7.05 Å². The summed E-state index contributed by atoms with van der Waals surface area (Å²) in [5, 5.41) is 7.13. The molecule has 2 N–H and O–H groups in total. The van der Waals surface area contributed by atoms with E-state index in [2.05, 4.69) is 46.2 Å². The van der Waals surface area contributed by atoms with Gasteiger partial charge in [-0.2, -0.15) is 0 Å². The van der Waals surface area contributed by atoms with Crippen LogP contribution in [0.5, 0.6) is 0 Å². The van der Waals surface area contributed by atoms with Crippen LogP contribution in [-0.2, 0) is 9.47 Å². The number of nitrogens with one attached hydrogen (secondary N) is 2. The van der Waals surface area contributed by atoms with E-state index in [4.69, 9.17) is 9.47 Å². The third-order valence-electron chi connectivity index (χ3n) is 6.10. The number of hydrogen-bond donors (Lipinski definition) is 2. The van der Waals surface area contributed by atoms with Crippen molar-refractivity contribution in [1.29, 1.82) is 0 Å². The summed E-state index contributed by atoms with van der Waals surface area (Å²) in [4.78, 5) is 9.55. The molecule has 2 rings (SSSR count). The second kappa shape index (κ2) is 13.4. The second-order valence-electron chi connectivity index (χ2n) is 8.14. The van der Waals surface area contributed by atoms with Crippen molar-refractivity contribution in [2.45, 2.75) is 39.7 Å². The van der Waals surface area contributed by atoms with Gasteiger partial charge in [0.05, 0.1) is 26.4 Å². The molecular formula is C21H43N5O2. The second-order valence-corrected chi connectivity index (χ2v) is 8.14. The number of aliphatic imine (C=N–C) groups is 1. The van der Waals surface area contributed by atoms with Gasteiger partial charge in [0.1, 0.15) is 0 Å². The Morgan fingerprint density at radius 1 is 0.929 bits per heavy atom. The topological polar surface area (TPSA) is 61.4 Å². The summed E-state index contributed by atoms with van der Waals surface area (Å²) in [6, 6.07) is 0.531. The molecule has 0 bridgehead atoms. The molecule has 0 spiro atoms. The van der Waals surface area contributed by atoms with Crippen LogP contribution in [0.1, 0.15) is 33.6 Å². The van der Waals surface area contributed by atoms with Crippen molar-refractivity contribution < 1.29 is 9.47 Å². The van der Waals surface area contributed by atoms with Gasteiger partial charge in [-0.1, -0.05) is 33.6 Å². The van der Waals surface area contributed by atoms with Crippen LogP contribution in [0, 0.1) is 11.8 Å². The Balaban J connectivity index is 1.78. The van der Waals surface area contributed by atoms with Gasteiger partial charge < -0.3 is 20.1 Å². The molecule has 2 unspecified atom stereocenters. The molecular weight excluding hydrogens is 354 g/mol. The summed E-state index contributed by atoms with van der Waals surface area (Å²) < 4.78 is 11.0. The first-order chi connectivity index (χ1) is 13.7. The summed E-state index contributed by atoms with van der Waals surface area (Å²) in [6.45, 7) is 17.5. The average Bonchev–Trinajstić information content (AvgIpc) is 2.74. The highest BCUT2D eigenvalue weighted by Crippen LogP contribution is 2.19. The fraction of sp³-hybridized carbons (Fsp3) is 0.952. The van der Waals surface area contributed by atoms with Crippen molar-refractivity contribution in [3.8, 4) is 0 Å². The van der Waals surface area contributed by atoms with Crippen LogP contribution in [0.15, 0.2) is 4.99 Å². The van der Waals surface area contributed by atoms with Crippen molar-refractivity contribution in [2.75, 3.05) is 79.3 Å². The molecule has 2 saturated heterocycles. The monoisotopic (exact) mass is 397 g/mol. The van der Waals surface area contributed by atoms with Crippen LogP contribution in [0.25, 0.3) is 0 Å². The molecule has 2 fully saturated rings. The molecule has 28 heavy (non-hydrogen) atoms. The smallest absolute Gasteiger partial charge is 0.191 e. The molecule has 0 radical (unpaired) electrons. The van der Waals surface area contributed by atoms with Gasteiger partial charge in [-0.05, 0) is 11.8 Å². The van der Waals surface area contributed by atoms with Gasteiger partial charge in [-0.15, -0.1) is 0 Å². The van der Waals surface area contributed by atoms with Crippen LogP contribution < -0.4 is 10.6 Å². The fourth-order valence-corrected chi connectivity index (χ4v) is 4.32. The highest BCUT2D eigenvalue weighted by molar-refractivity contribution is 5.79. The predicted octanol–water partition coefficient (Wildman–Crippen LogP) is 1.26. The minimum Gasteiger partial charge on any atom is -0.379 e. The van der Waals surface area contributed by atoms with E-state index in [1.54, 1.807) is 0 Å². The van der Waals surface area contributed by atoms with E-state index < -0.39 is 0 Å². The van der Waals surface area contributed by atoms with Gasteiger partial charge in [0.2, 0.25) is 0 Å². The maximum atomic E-state index is 5.56. The van der Waals surface area contributed by atoms with Crippen molar-refractivity contribution in [3.63, 3.8) is 0 Å². The average molecular weight is 398 g/mol. The normalized spacial score (nSPS) is 22.2. The quantitative estimate of drug-likeness (QED) is 0.427. The molecule has 0 amide bonds. The number of rotatable bonds is 10. The van der Waals surface area contributed by atoms with Crippen LogP contribution in [0.4, 0.5) is 0 Å². The molecule has 2 aliphatic heterocycles. The molecule has 7 heteroatoms. The molecule has 0 aromatic rings. The Bertz CT molecular complexity index is 433. The highest BCUT2D eigenvalue weighted by atomic mass is 16.5. The number of guanidine groups is 1. The fourth-order valence-electron chi connectivity index (χ4n) is 4.32. The third kappa shape index (κ3) is 7.85. The number of morpholine rings is 2. The maximum Gasteiger partial charge on any atom is 0.191 e. The summed E-state index contributed by atoms with van der Waals surface area (Å²) in [5.74, 6) is 2.19. The van der Waals surface area contributed by atoms with Crippen molar-refractivity contribution >= 4 is 5.96 Å². The van der Waals surface area contributed by atoms with E-state index in [-0.39, 0.29) is 0 Å². The molecule has 2 aliphatic rings. The molecule has 0 aromatic heterocycles. The Kier molecular flexibility index (Phi) is 11.2. The molecule has 2 atom stereocenters. The Morgan fingerprint density at radius 2 is 1.50 bits per heavy atom. The van der Waals surface area contributed by atoms with Gasteiger partial charge in [0.15, 0.2) is 5.96 Å². The molecule has 0 saturated carbocycles. The zero-order valence-electron chi connectivity index (χ0n) is 18.6. The summed E-state index contributed by atoms with van der Waals surface area (Å²) in [5.41, 5.74) is 0. The zero-order valence-corrected chi connectivity index (χ0v) is 18.6. The molecule has 164 valence electrons. The van der Waals surface area contributed by atoms with Gasteiger partial charge in [-0.25, -0.2) is 0 Å². The zero-order chi connectivity index (χ0) is 20.2. The number of hydrogen-bond acceptors (Lipinski definition) is 5. The molecule has 0 aromatic carbocycles. The van der Waals surface area contributed by atoms with E-state index >= 15 is 0 Å². The number of nitrogens with zero attached hydrogens (tertiary/aromatic N) is 3. The lowest BCUT2D eigenvalue weighted by Crippen LogP contribution is -2.53. The van der Waals surface area contributed by atoms with Gasteiger partial charge >= 0.3 is 0 Å². The summed E-state index contributed by atoms with van der Waals surface area (Å²) >= 11 is 0. The van der Waals surface area contributed by atoms with Crippen LogP contribution in [0.3, 0.4) is 0 Å². The number of ether oxygens (including phenoxy) is 2. The van der Waals surface area contributed by atoms with Gasteiger partial charge in [-0.3, -0.25) is 14.8 Å².